The average Bonchev–Trinajstić information content (AvgIpc) is 3.29. The zero-order valence-corrected chi connectivity index (χ0v) is 19.0. The largest absolute Gasteiger partial charge is 0.493 e. The molecule has 180 valence electrons. The van der Waals surface area contributed by atoms with Gasteiger partial charge in [-0.1, -0.05) is 12.1 Å². The number of anilines is 1. The van der Waals surface area contributed by atoms with Gasteiger partial charge in [0, 0.05) is 30.7 Å². The first-order valence-electron chi connectivity index (χ1n) is 10.8. The van der Waals surface area contributed by atoms with Gasteiger partial charge in [0.15, 0.2) is 17.1 Å². The first-order chi connectivity index (χ1) is 17.0. The maximum Gasteiger partial charge on any atom is 0.326 e. The van der Waals surface area contributed by atoms with Gasteiger partial charge < -0.3 is 28.6 Å². The van der Waals surface area contributed by atoms with Crippen molar-refractivity contribution in [3.05, 3.63) is 71.2 Å². The third-order valence-corrected chi connectivity index (χ3v) is 5.88. The first kappa shape index (κ1) is 22.5. The van der Waals surface area contributed by atoms with Crippen molar-refractivity contribution in [2.24, 2.45) is 0 Å². The summed E-state index contributed by atoms with van der Waals surface area (Å²) in [6.45, 7) is 0.349. The number of carbonyl (C=O) groups is 1. The van der Waals surface area contributed by atoms with Crippen LogP contribution in [0.25, 0.3) is 11.1 Å². The smallest absolute Gasteiger partial charge is 0.326 e. The Morgan fingerprint density at radius 1 is 1.17 bits per heavy atom. The average molecular weight is 479 g/mol. The van der Waals surface area contributed by atoms with Crippen LogP contribution in [-0.2, 0) is 24.4 Å². The zero-order valence-electron chi connectivity index (χ0n) is 19.0. The Bertz CT molecular complexity index is 1410. The fourth-order valence-corrected chi connectivity index (χ4v) is 4.16. The highest BCUT2D eigenvalue weighted by atomic mass is 19.1. The van der Waals surface area contributed by atoms with Crippen LogP contribution in [0, 0.1) is 5.82 Å². The summed E-state index contributed by atoms with van der Waals surface area (Å²) in [5.41, 5.74) is 2.90. The van der Waals surface area contributed by atoms with E-state index in [4.69, 9.17) is 18.6 Å². The minimum absolute atomic E-state index is 0.113. The molecule has 0 spiro atoms. The Kier molecular flexibility index (Phi) is 5.86. The van der Waals surface area contributed by atoms with Crippen molar-refractivity contribution in [3.63, 3.8) is 0 Å². The highest BCUT2D eigenvalue weighted by molar-refractivity contribution is 5.81. The summed E-state index contributed by atoms with van der Waals surface area (Å²) in [7, 11) is 3.06. The molecule has 10 heteroatoms. The van der Waals surface area contributed by atoms with Crippen molar-refractivity contribution in [2.45, 2.75) is 25.6 Å². The summed E-state index contributed by atoms with van der Waals surface area (Å²) < 4.78 is 36.1. The topological polar surface area (TPSA) is 107 Å². The molecule has 1 N–H and O–H groups in total. The lowest BCUT2D eigenvalue weighted by Gasteiger charge is -2.34. The van der Waals surface area contributed by atoms with Gasteiger partial charge in [0.2, 0.25) is 5.88 Å². The highest BCUT2D eigenvalue weighted by Gasteiger charge is 2.36. The summed E-state index contributed by atoms with van der Waals surface area (Å²) in [5.74, 6) is -0.0969. The van der Waals surface area contributed by atoms with Crippen LogP contribution in [-0.4, -0.2) is 41.3 Å². The number of carboxylic acids is 1. The molecule has 5 rings (SSSR count). The van der Waals surface area contributed by atoms with E-state index < -0.39 is 17.8 Å². The number of aliphatic carboxylic acids is 1. The van der Waals surface area contributed by atoms with E-state index in [9.17, 15) is 14.3 Å². The zero-order chi connectivity index (χ0) is 24.5. The molecule has 0 aliphatic carbocycles. The normalized spacial score (nSPS) is 15.1. The Morgan fingerprint density at radius 3 is 2.80 bits per heavy atom. The van der Waals surface area contributed by atoms with Crippen LogP contribution in [0.5, 0.6) is 17.4 Å². The van der Waals surface area contributed by atoms with Crippen LogP contribution in [0.15, 0.2) is 52.9 Å². The number of aromatic nitrogens is 2. The number of ether oxygens (including phenoxy) is 3. The number of nitrogens with zero attached hydrogens (tertiary/aromatic N) is 3. The van der Waals surface area contributed by atoms with Gasteiger partial charge >= 0.3 is 5.97 Å². The SMILES string of the molecule is COc1cccc(COc2c(OC)ccc3c2C[C@@H](C(=O)O)N(c2nc4ccc(F)cc4o2)C3)n1. The maximum atomic E-state index is 13.6. The minimum Gasteiger partial charge on any atom is -0.493 e. The molecule has 0 unspecified atom stereocenters. The lowest BCUT2D eigenvalue weighted by molar-refractivity contribution is -0.138. The number of pyridine rings is 1. The second-order valence-corrected chi connectivity index (χ2v) is 7.99. The molecule has 1 atom stereocenters. The summed E-state index contributed by atoms with van der Waals surface area (Å²) in [4.78, 5) is 22.6. The molecule has 0 saturated carbocycles. The van der Waals surface area contributed by atoms with Gasteiger partial charge in [-0.3, -0.25) is 0 Å². The molecule has 1 aliphatic rings. The Morgan fingerprint density at radius 2 is 2.03 bits per heavy atom. The third-order valence-electron chi connectivity index (χ3n) is 5.88. The molecule has 0 amide bonds. The van der Waals surface area contributed by atoms with Crippen LogP contribution >= 0.6 is 0 Å². The molecule has 0 bridgehead atoms. The number of methoxy groups -OCH3 is 2. The quantitative estimate of drug-likeness (QED) is 0.421. The molecule has 0 saturated heterocycles. The van der Waals surface area contributed by atoms with Crippen molar-refractivity contribution in [1.29, 1.82) is 0 Å². The molecular weight excluding hydrogens is 457 g/mol. The van der Waals surface area contributed by atoms with E-state index in [0.717, 1.165) is 11.1 Å². The fraction of sp³-hybridized carbons (Fsp3) is 0.240. The molecule has 0 fully saturated rings. The Balaban J connectivity index is 1.49. The van der Waals surface area contributed by atoms with Gasteiger partial charge in [0.1, 0.15) is 24.0 Å². The van der Waals surface area contributed by atoms with Crippen molar-refractivity contribution in [3.8, 4) is 17.4 Å². The maximum absolute atomic E-state index is 13.6. The number of rotatable bonds is 7. The number of benzene rings is 2. The summed E-state index contributed by atoms with van der Waals surface area (Å²) in [6.07, 6.45) is 0.121. The number of carboxylic acid groups (broad SMARTS) is 1. The summed E-state index contributed by atoms with van der Waals surface area (Å²) in [6, 6.07) is 12.1. The van der Waals surface area contributed by atoms with Gasteiger partial charge in [0.25, 0.3) is 6.01 Å². The lowest BCUT2D eigenvalue weighted by Crippen LogP contribution is -2.46. The predicted molar refractivity (Wildman–Crippen MR) is 123 cm³/mol. The fourth-order valence-electron chi connectivity index (χ4n) is 4.16. The highest BCUT2D eigenvalue weighted by Crippen LogP contribution is 2.40. The van der Waals surface area contributed by atoms with Crippen LogP contribution in [0.2, 0.25) is 0 Å². The monoisotopic (exact) mass is 479 g/mol. The molecule has 1 aliphatic heterocycles. The van der Waals surface area contributed by atoms with Crippen molar-refractivity contribution < 1.29 is 32.9 Å². The van der Waals surface area contributed by atoms with E-state index in [-0.39, 0.29) is 31.2 Å². The van der Waals surface area contributed by atoms with Gasteiger partial charge in [-0.25, -0.2) is 14.2 Å². The Hall–Kier alpha value is -4.34. The third kappa shape index (κ3) is 4.30. The second kappa shape index (κ2) is 9.13. The van der Waals surface area contributed by atoms with Gasteiger partial charge in [-0.2, -0.15) is 4.98 Å². The number of halogens is 1. The van der Waals surface area contributed by atoms with Gasteiger partial charge in [0.05, 0.1) is 19.9 Å². The summed E-state index contributed by atoms with van der Waals surface area (Å²) in [5, 5.41) is 10.0. The predicted octanol–water partition coefficient (Wildman–Crippen LogP) is 3.97. The van der Waals surface area contributed by atoms with Crippen LogP contribution in [0.3, 0.4) is 0 Å². The Labute approximate surface area is 199 Å². The molecule has 2 aromatic heterocycles. The molecule has 9 nitrogen and oxygen atoms in total. The van der Waals surface area contributed by atoms with E-state index in [0.29, 0.717) is 28.6 Å². The molecule has 35 heavy (non-hydrogen) atoms. The van der Waals surface area contributed by atoms with E-state index >= 15 is 0 Å². The number of oxazole rings is 1. The second-order valence-electron chi connectivity index (χ2n) is 7.99. The molecule has 3 heterocycles. The van der Waals surface area contributed by atoms with Crippen LogP contribution in [0.1, 0.15) is 16.8 Å². The van der Waals surface area contributed by atoms with Crippen molar-refractivity contribution in [2.75, 3.05) is 19.1 Å². The van der Waals surface area contributed by atoms with E-state index in [2.05, 4.69) is 9.97 Å². The molecular formula is C25H22FN3O6. The van der Waals surface area contributed by atoms with E-state index in [1.54, 1.807) is 17.0 Å². The minimum atomic E-state index is -1.05. The van der Waals surface area contributed by atoms with Crippen molar-refractivity contribution >= 4 is 23.1 Å². The van der Waals surface area contributed by atoms with Crippen LogP contribution < -0.4 is 19.1 Å². The van der Waals surface area contributed by atoms with Crippen molar-refractivity contribution in [1.82, 2.24) is 9.97 Å². The summed E-state index contributed by atoms with van der Waals surface area (Å²) >= 11 is 0. The standard InChI is InChI=1S/C25H22FN3O6/c1-32-20-9-6-14-12-29(25-28-18-8-7-15(26)10-21(18)35-25)19(24(30)31)11-17(14)23(20)34-13-16-4-3-5-22(27-16)33-2/h3-10,19H,11-13H2,1-2H3,(H,30,31)/t19-/m0/s1. The number of hydrogen-bond donors (Lipinski definition) is 1. The van der Waals surface area contributed by atoms with Gasteiger partial charge in [-0.05, 0) is 29.8 Å². The first-order valence-corrected chi connectivity index (χ1v) is 10.8. The van der Waals surface area contributed by atoms with E-state index in [1.165, 1.54) is 32.4 Å². The van der Waals surface area contributed by atoms with E-state index in [1.807, 2.05) is 18.2 Å². The van der Waals surface area contributed by atoms with Gasteiger partial charge in [-0.15, -0.1) is 0 Å². The molecule has 2 aromatic carbocycles. The number of fused-ring (bicyclic) bond motifs is 2. The number of hydrogen-bond acceptors (Lipinski definition) is 8. The molecule has 4 aromatic rings. The lowest BCUT2D eigenvalue weighted by atomic mass is 9.93. The molecule has 0 radical (unpaired) electrons. The van der Waals surface area contributed by atoms with Crippen LogP contribution in [0.4, 0.5) is 10.4 Å².